The van der Waals surface area contributed by atoms with E-state index in [1.807, 2.05) is 0 Å². The molecule has 2 N–H and O–H groups in total. The lowest BCUT2D eigenvalue weighted by atomic mass is 9.75. The summed E-state index contributed by atoms with van der Waals surface area (Å²) in [6, 6.07) is 4.45. The Bertz CT molecular complexity index is 461. The van der Waals surface area contributed by atoms with Gasteiger partial charge in [0.15, 0.2) is 0 Å². The molecule has 0 aliphatic heterocycles. The van der Waals surface area contributed by atoms with Gasteiger partial charge in [0.1, 0.15) is 5.75 Å². The molecule has 2 nitrogen and oxygen atoms in total. The van der Waals surface area contributed by atoms with Crippen molar-refractivity contribution in [1.29, 1.82) is 0 Å². The zero-order chi connectivity index (χ0) is 15.4. The van der Waals surface area contributed by atoms with Crippen molar-refractivity contribution in [2.45, 2.75) is 65.3 Å². The van der Waals surface area contributed by atoms with Gasteiger partial charge in [-0.25, -0.2) is 0 Å². The summed E-state index contributed by atoms with van der Waals surface area (Å²) < 4.78 is 5.60. The highest BCUT2D eigenvalue weighted by Crippen LogP contribution is 2.40. The minimum Gasteiger partial charge on any atom is -0.496 e. The number of hydrogen-bond donors (Lipinski definition) is 1. The van der Waals surface area contributed by atoms with E-state index in [-0.39, 0.29) is 6.04 Å². The average molecular weight is 289 g/mol. The zero-order valence-corrected chi connectivity index (χ0v) is 14.1. The maximum Gasteiger partial charge on any atom is 0.124 e. The topological polar surface area (TPSA) is 35.2 Å². The standard InChI is InChI=1S/C19H31NO/c1-5-6-15-7-9-16(10-8-15)19(20)18-14(3)11-13(2)12-17(18)21-4/h11-12,15-16,19H,5-10,20H2,1-4H3. The summed E-state index contributed by atoms with van der Waals surface area (Å²) in [6.45, 7) is 6.56. The molecule has 1 aliphatic carbocycles. The van der Waals surface area contributed by atoms with Crippen LogP contribution in [0.2, 0.25) is 0 Å². The molecule has 0 amide bonds. The third-order valence-corrected chi connectivity index (χ3v) is 5.14. The Labute approximate surface area is 130 Å². The summed E-state index contributed by atoms with van der Waals surface area (Å²) in [5.74, 6) is 2.50. The smallest absolute Gasteiger partial charge is 0.124 e. The second-order valence-corrected chi connectivity index (χ2v) is 6.79. The molecule has 2 heteroatoms. The van der Waals surface area contributed by atoms with Crippen LogP contribution in [0.1, 0.15) is 68.2 Å². The molecule has 118 valence electrons. The summed E-state index contributed by atoms with van der Waals surface area (Å²) in [5.41, 5.74) is 10.4. The van der Waals surface area contributed by atoms with E-state index < -0.39 is 0 Å². The maximum atomic E-state index is 6.64. The van der Waals surface area contributed by atoms with Gasteiger partial charge in [0, 0.05) is 11.6 Å². The minimum atomic E-state index is 0.114. The summed E-state index contributed by atoms with van der Waals surface area (Å²) in [4.78, 5) is 0. The van der Waals surface area contributed by atoms with E-state index in [1.54, 1.807) is 7.11 Å². The molecule has 0 spiro atoms. The molecule has 1 aromatic rings. The first-order valence-corrected chi connectivity index (χ1v) is 8.47. The van der Waals surface area contributed by atoms with Gasteiger partial charge in [0.25, 0.3) is 0 Å². The first kappa shape index (κ1) is 16.4. The Kier molecular flexibility index (Phi) is 5.69. The maximum absolute atomic E-state index is 6.64. The Morgan fingerprint density at radius 1 is 1.19 bits per heavy atom. The summed E-state index contributed by atoms with van der Waals surface area (Å²) in [7, 11) is 1.75. The van der Waals surface area contributed by atoms with Crippen LogP contribution in [0.4, 0.5) is 0 Å². The Balaban J connectivity index is 2.12. The number of rotatable bonds is 5. The number of methoxy groups -OCH3 is 1. The molecule has 0 saturated heterocycles. The molecule has 21 heavy (non-hydrogen) atoms. The quantitative estimate of drug-likeness (QED) is 0.835. The highest BCUT2D eigenvalue weighted by atomic mass is 16.5. The predicted molar refractivity (Wildman–Crippen MR) is 89.8 cm³/mol. The van der Waals surface area contributed by atoms with Crippen molar-refractivity contribution >= 4 is 0 Å². The van der Waals surface area contributed by atoms with Gasteiger partial charge in [-0.15, -0.1) is 0 Å². The highest BCUT2D eigenvalue weighted by Gasteiger charge is 2.28. The highest BCUT2D eigenvalue weighted by molar-refractivity contribution is 5.45. The fourth-order valence-electron chi connectivity index (χ4n) is 4.02. The summed E-state index contributed by atoms with van der Waals surface area (Å²) in [5, 5.41) is 0. The van der Waals surface area contributed by atoms with Crippen LogP contribution in [-0.4, -0.2) is 7.11 Å². The van der Waals surface area contributed by atoms with Gasteiger partial charge < -0.3 is 10.5 Å². The summed E-state index contributed by atoms with van der Waals surface area (Å²) >= 11 is 0. The van der Waals surface area contributed by atoms with E-state index in [9.17, 15) is 0 Å². The monoisotopic (exact) mass is 289 g/mol. The molecule has 1 atom stereocenters. The molecule has 1 aliphatic rings. The Morgan fingerprint density at radius 2 is 1.86 bits per heavy atom. The molecule has 1 aromatic carbocycles. The molecule has 1 fully saturated rings. The molecule has 0 radical (unpaired) electrons. The molecule has 1 saturated carbocycles. The van der Waals surface area contributed by atoms with Crippen LogP contribution in [0.5, 0.6) is 5.75 Å². The lowest BCUT2D eigenvalue weighted by Crippen LogP contribution is -2.27. The largest absolute Gasteiger partial charge is 0.496 e. The summed E-state index contributed by atoms with van der Waals surface area (Å²) in [6.07, 6.45) is 7.92. The Hall–Kier alpha value is -1.02. The van der Waals surface area contributed by atoms with E-state index in [0.717, 1.165) is 11.7 Å². The fraction of sp³-hybridized carbons (Fsp3) is 0.684. The van der Waals surface area contributed by atoms with Crippen LogP contribution in [0, 0.1) is 25.7 Å². The minimum absolute atomic E-state index is 0.114. The zero-order valence-electron chi connectivity index (χ0n) is 14.1. The van der Waals surface area contributed by atoms with Crippen LogP contribution < -0.4 is 10.5 Å². The predicted octanol–water partition coefficient (Wildman–Crippen LogP) is 4.92. The Morgan fingerprint density at radius 3 is 2.43 bits per heavy atom. The van der Waals surface area contributed by atoms with Crippen molar-refractivity contribution in [3.8, 4) is 5.75 Å². The average Bonchev–Trinajstić information content (AvgIpc) is 2.47. The fourth-order valence-corrected chi connectivity index (χ4v) is 4.02. The molecule has 0 heterocycles. The lowest BCUT2D eigenvalue weighted by molar-refractivity contribution is 0.232. The van der Waals surface area contributed by atoms with Crippen LogP contribution in [0.3, 0.4) is 0 Å². The van der Waals surface area contributed by atoms with Crippen molar-refractivity contribution in [2.24, 2.45) is 17.6 Å². The van der Waals surface area contributed by atoms with Gasteiger partial charge in [0.05, 0.1) is 7.11 Å². The second kappa shape index (κ2) is 7.31. The SMILES string of the molecule is CCCC1CCC(C(N)c2c(C)cc(C)cc2OC)CC1. The molecule has 1 unspecified atom stereocenters. The number of ether oxygens (including phenoxy) is 1. The van der Waals surface area contributed by atoms with Crippen molar-refractivity contribution in [1.82, 2.24) is 0 Å². The molecular weight excluding hydrogens is 258 g/mol. The second-order valence-electron chi connectivity index (χ2n) is 6.79. The number of benzene rings is 1. The molecule has 2 rings (SSSR count). The van der Waals surface area contributed by atoms with Crippen molar-refractivity contribution in [3.63, 3.8) is 0 Å². The van der Waals surface area contributed by atoms with Crippen LogP contribution >= 0.6 is 0 Å². The number of nitrogens with two attached hydrogens (primary N) is 1. The first-order valence-electron chi connectivity index (χ1n) is 8.47. The van der Waals surface area contributed by atoms with E-state index in [1.165, 1.54) is 55.2 Å². The van der Waals surface area contributed by atoms with Crippen molar-refractivity contribution < 1.29 is 4.74 Å². The van der Waals surface area contributed by atoms with E-state index >= 15 is 0 Å². The lowest BCUT2D eigenvalue weighted by Gasteiger charge is -2.33. The molecule has 0 bridgehead atoms. The van der Waals surface area contributed by atoms with E-state index in [4.69, 9.17) is 10.5 Å². The third-order valence-electron chi connectivity index (χ3n) is 5.14. The van der Waals surface area contributed by atoms with Crippen LogP contribution in [0.25, 0.3) is 0 Å². The van der Waals surface area contributed by atoms with E-state index in [0.29, 0.717) is 5.92 Å². The van der Waals surface area contributed by atoms with Gasteiger partial charge >= 0.3 is 0 Å². The molecule has 0 aromatic heterocycles. The normalized spacial score (nSPS) is 23.9. The number of aryl methyl sites for hydroxylation is 2. The third kappa shape index (κ3) is 3.79. The molecular formula is C19H31NO. The van der Waals surface area contributed by atoms with Gasteiger partial charge in [-0.3, -0.25) is 0 Å². The van der Waals surface area contributed by atoms with E-state index in [2.05, 4.69) is 32.9 Å². The van der Waals surface area contributed by atoms with Crippen LogP contribution in [0.15, 0.2) is 12.1 Å². The van der Waals surface area contributed by atoms with Crippen molar-refractivity contribution in [3.05, 3.63) is 28.8 Å². The van der Waals surface area contributed by atoms with Crippen molar-refractivity contribution in [2.75, 3.05) is 7.11 Å². The van der Waals surface area contributed by atoms with Gasteiger partial charge in [0.2, 0.25) is 0 Å². The first-order chi connectivity index (χ1) is 10.1. The van der Waals surface area contributed by atoms with Gasteiger partial charge in [-0.05, 0) is 55.7 Å². The van der Waals surface area contributed by atoms with Gasteiger partial charge in [-0.1, -0.05) is 38.7 Å². The number of hydrogen-bond acceptors (Lipinski definition) is 2. The van der Waals surface area contributed by atoms with Crippen LogP contribution in [-0.2, 0) is 0 Å². The van der Waals surface area contributed by atoms with Gasteiger partial charge in [-0.2, -0.15) is 0 Å².